The molecule has 108 valence electrons. The molecule has 0 saturated heterocycles. The predicted octanol–water partition coefficient (Wildman–Crippen LogP) is 2.36. The predicted molar refractivity (Wildman–Crippen MR) is 68.0 cm³/mol. The second-order valence-corrected chi connectivity index (χ2v) is 4.17. The number of hydrogen-bond donors (Lipinski definition) is 1. The molecule has 7 heteroatoms. The fourth-order valence-corrected chi connectivity index (χ4v) is 1.57. The number of aromatic nitrogens is 2. The minimum atomic E-state index is -4.24. The molecule has 0 aliphatic rings. The highest BCUT2D eigenvalue weighted by Crippen LogP contribution is 2.19. The van der Waals surface area contributed by atoms with Crippen LogP contribution >= 0.6 is 0 Å². The maximum absolute atomic E-state index is 12.4. The molecule has 0 aliphatic carbocycles. The first-order valence-corrected chi connectivity index (χ1v) is 6.29. The topological polar surface area (TPSA) is 41.1 Å². The van der Waals surface area contributed by atoms with Crippen molar-refractivity contribution in [3.05, 3.63) is 18.1 Å². The second kappa shape index (κ2) is 7.28. The van der Waals surface area contributed by atoms with Crippen molar-refractivity contribution in [3.63, 3.8) is 0 Å². The molecule has 0 bridgehead atoms. The lowest BCUT2D eigenvalue weighted by atomic mass is 10.4. The number of alkyl halides is 3. The van der Waals surface area contributed by atoms with Crippen molar-refractivity contribution in [2.45, 2.75) is 33.0 Å². The van der Waals surface area contributed by atoms with Crippen LogP contribution in [0.3, 0.4) is 0 Å². The molecule has 0 radical (unpaired) electrons. The van der Waals surface area contributed by atoms with Crippen molar-refractivity contribution in [1.29, 1.82) is 0 Å². The van der Waals surface area contributed by atoms with Crippen molar-refractivity contribution in [3.8, 4) is 0 Å². The van der Waals surface area contributed by atoms with E-state index in [1.54, 1.807) is 6.92 Å². The molecular weight excluding hydrogens is 257 g/mol. The Hall–Kier alpha value is -1.37. The van der Waals surface area contributed by atoms with E-state index in [0.717, 1.165) is 23.6 Å². The first-order chi connectivity index (χ1) is 8.96. The highest BCUT2D eigenvalue weighted by atomic mass is 19.4. The largest absolute Gasteiger partial charge is 0.405 e. The highest BCUT2D eigenvalue weighted by Gasteiger charge is 2.30. The zero-order chi connectivity index (χ0) is 14.3. The Morgan fingerprint density at radius 3 is 2.42 bits per heavy atom. The fraction of sp³-hybridized carbons (Fsp3) is 0.667. The van der Waals surface area contributed by atoms with Gasteiger partial charge in [0.2, 0.25) is 0 Å². The Labute approximate surface area is 111 Å². The molecule has 1 heterocycles. The summed E-state index contributed by atoms with van der Waals surface area (Å²) in [7, 11) is 0. The zero-order valence-corrected chi connectivity index (χ0v) is 11.2. The molecule has 0 saturated carbocycles. The summed E-state index contributed by atoms with van der Waals surface area (Å²) >= 11 is 0. The van der Waals surface area contributed by atoms with Gasteiger partial charge in [-0.25, -0.2) is 4.98 Å². The fourth-order valence-electron chi connectivity index (χ4n) is 1.57. The molecule has 19 heavy (non-hydrogen) atoms. The maximum Gasteiger partial charge on any atom is 0.405 e. The van der Waals surface area contributed by atoms with Gasteiger partial charge in [-0.3, -0.25) is 4.98 Å². The van der Waals surface area contributed by atoms with Gasteiger partial charge in [-0.1, -0.05) is 6.92 Å². The van der Waals surface area contributed by atoms with Crippen molar-refractivity contribution in [2.24, 2.45) is 0 Å². The van der Waals surface area contributed by atoms with Gasteiger partial charge in [0.15, 0.2) is 0 Å². The number of rotatable bonds is 7. The van der Waals surface area contributed by atoms with Crippen LogP contribution in [0, 0.1) is 0 Å². The van der Waals surface area contributed by atoms with E-state index >= 15 is 0 Å². The van der Waals surface area contributed by atoms with Crippen LogP contribution in [0.1, 0.15) is 26.0 Å². The molecule has 1 aromatic rings. The second-order valence-electron chi connectivity index (χ2n) is 4.17. The molecule has 0 atom stereocenters. The molecule has 1 aromatic heterocycles. The van der Waals surface area contributed by atoms with Gasteiger partial charge in [-0.05, 0) is 19.9 Å². The van der Waals surface area contributed by atoms with Gasteiger partial charge in [0.05, 0.1) is 18.1 Å². The van der Waals surface area contributed by atoms with E-state index in [1.165, 1.54) is 12.4 Å². The normalized spacial score (nSPS) is 11.6. The van der Waals surface area contributed by atoms with Gasteiger partial charge in [0.25, 0.3) is 0 Å². The monoisotopic (exact) mass is 276 g/mol. The summed E-state index contributed by atoms with van der Waals surface area (Å²) in [6.45, 7) is 4.39. The van der Waals surface area contributed by atoms with Crippen LogP contribution in [0.5, 0.6) is 0 Å². The van der Waals surface area contributed by atoms with Gasteiger partial charge < -0.3 is 10.2 Å². The summed E-state index contributed by atoms with van der Waals surface area (Å²) < 4.78 is 37.1. The van der Waals surface area contributed by atoms with E-state index in [1.807, 2.05) is 0 Å². The van der Waals surface area contributed by atoms with Crippen LogP contribution in [-0.2, 0) is 6.54 Å². The summed E-state index contributed by atoms with van der Waals surface area (Å²) in [6, 6.07) is 0. The number of nitrogens with zero attached hydrogens (tertiary/aromatic N) is 3. The Kier molecular flexibility index (Phi) is 6.01. The van der Waals surface area contributed by atoms with Crippen molar-refractivity contribution in [2.75, 3.05) is 24.5 Å². The van der Waals surface area contributed by atoms with E-state index in [9.17, 15) is 13.2 Å². The van der Waals surface area contributed by atoms with Crippen molar-refractivity contribution < 1.29 is 13.2 Å². The molecule has 0 spiro atoms. The molecular formula is C12H19F3N4. The van der Waals surface area contributed by atoms with E-state index in [2.05, 4.69) is 22.2 Å². The number of hydrogen-bond acceptors (Lipinski definition) is 4. The van der Waals surface area contributed by atoms with Crippen LogP contribution in [0.2, 0.25) is 0 Å². The first kappa shape index (κ1) is 15.7. The molecule has 1 N–H and O–H groups in total. The summed E-state index contributed by atoms with van der Waals surface area (Å²) in [4.78, 5) is 9.30. The third kappa shape index (κ3) is 5.87. The van der Waals surface area contributed by atoms with Crippen LogP contribution in [0.25, 0.3) is 0 Å². The molecule has 0 unspecified atom stereocenters. The minimum Gasteiger partial charge on any atom is -0.347 e. The average molecular weight is 276 g/mol. The van der Waals surface area contributed by atoms with Gasteiger partial charge >= 0.3 is 6.18 Å². The average Bonchev–Trinajstić information content (AvgIpc) is 2.36. The highest BCUT2D eigenvalue weighted by molar-refractivity contribution is 5.35. The van der Waals surface area contributed by atoms with Crippen LogP contribution < -0.4 is 10.2 Å². The van der Waals surface area contributed by atoms with Gasteiger partial charge in [-0.15, -0.1) is 0 Å². The molecule has 0 aliphatic heterocycles. The van der Waals surface area contributed by atoms with Gasteiger partial charge in [0.1, 0.15) is 12.4 Å². The van der Waals surface area contributed by atoms with Crippen molar-refractivity contribution in [1.82, 2.24) is 15.3 Å². The Morgan fingerprint density at radius 1 is 1.21 bits per heavy atom. The van der Waals surface area contributed by atoms with Crippen LogP contribution in [0.4, 0.5) is 19.0 Å². The lowest BCUT2D eigenvalue weighted by Crippen LogP contribution is -2.34. The maximum atomic E-state index is 12.4. The minimum absolute atomic E-state index is 0.238. The third-order valence-corrected chi connectivity index (χ3v) is 2.50. The zero-order valence-electron chi connectivity index (χ0n) is 11.2. The Balaban J connectivity index is 2.62. The molecule has 0 fully saturated rings. The van der Waals surface area contributed by atoms with Gasteiger partial charge in [-0.2, -0.15) is 13.2 Å². The molecule has 0 amide bonds. The van der Waals surface area contributed by atoms with E-state index < -0.39 is 12.7 Å². The lowest BCUT2D eigenvalue weighted by molar-refractivity contribution is -0.119. The Morgan fingerprint density at radius 2 is 1.95 bits per heavy atom. The molecule has 4 nitrogen and oxygen atoms in total. The summed E-state index contributed by atoms with van der Waals surface area (Å²) in [5, 5.41) is 3.16. The third-order valence-electron chi connectivity index (χ3n) is 2.50. The number of halogens is 3. The summed E-state index contributed by atoms with van der Waals surface area (Å²) in [5.74, 6) is 0.249. The molecule has 0 aromatic carbocycles. The SMILES string of the molecule is CCCNCc1cnc(N(CC)CC(F)(F)F)cn1. The first-order valence-electron chi connectivity index (χ1n) is 6.29. The van der Waals surface area contributed by atoms with Crippen LogP contribution in [0.15, 0.2) is 12.4 Å². The number of anilines is 1. The lowest BCUT2D eigenvalue weighted by Gasteiger charge is -2.22. The van der Waals surface area contributed by atoms with E-state index in [-0.39, 0.29) is 12.4 Å². The number of nitrogens with one attached hydrogen (secondary N) is 1. The van der Waals surface area contributed by atoms with E-state index in [4.69, 9.17) is 0 Å². The standard InChI is InChI=1S/C12H19F3N4/c1-3-5-16-6-10-7-18-11(8-17-10)19(4-2)9-12(13,14)15/h7-8,16H,3-6,9H2,1-2H3. The van der Waals surface area contributed by atoms with Crippen LogP contribution in [-0.4, -0.2) is 35.8 Å². The van der Waals surface area contributed by atoms with Crippen molar-refractivity contribution >= 4 is 5.82 Å². The van der Waals surface area contributed by atoms with E-state index in [0.29, 0.717) is 6.54 Å². The summed E-state index contributed by atoms with van der Waals surface area (Å²) in [5.41, 5.74) is 0.722. The smallest absolute Gasteiger partial charge is 0.347 e. The van der Waals surface area contributed by atoms with Gasteiger partial charge in [0, 0.05) is 13.1 Å². The molecule has 1 rings (SSSR count). The quantitative estimate of drug-likeness (QED) is 0.776. The summed E-state index contributed by atoms with van der Waals surface area (Å²) in [6.07, 6.45) is -0.324. The Bertz CT molecular complexity index is 364.